The van der Waals surface area contributed by atoms with Gasteiger partial charge in [0.05, 0.1) is 5.69 Å². The molecule has 76 valence electrons. The molecule has 0 spiro atoms. The predicted octanol–water partition coefficient (Wildman–Crippen LogP) is 1.59. The molecule has 1 aliphatic heterocycles. The molecule has 4 heteroatoms. The molecule has 2 heterocycles. The summed E-state index contributed by atoms with van der Waals surface area (Å²) in [4.78, 5) is 4.55. The highest BCUT2D eigenvalue weighted by Gasteiger charge is 2.13. The van der Waals surface area contributed by atoms with Crippen LogP contribution in [0.25, 0.3) is 0 Å². The fourth-order valence-electron chi connectivity index (χ4n) is 1.44. The number of hydrogen-bond acceptors (Lipinski definition) is 4. The average Bonchev–Trinajstić information content (AvgIpc) is 2.64. The molecule has 0 aromatic carbocycles. The maximum absolute atomic E-state index is 5.54. The van der Waals surface area contributed by atoms with Gasteiger partial charge in [0.25, 0.3) is 0 Å². The van der Waals surface area contributed by atoms with E-state index in [0.29, 0.717) is 6.54 Å². The van der Waals surface area contributed by atoms with Crippen LogP contribution in [0.4, 0.5) is 5.82 Å². The number of anilines is 1. The fourth-order valence-corrected chi connectivity index (χ4v) is 2.46. The van der Waals surface area contributed by atoms with Crippen molar-refractivity contribution in [3.8, 4) is 0 Å². The lowest BCUT2D eigenvalue weighted by Crippen LogP contribution is -2.25. The Balaban J connectivity index is 2.12. The second kappa shape index (κ2) is 4.19. The van der Waals surface area contributed by atoms with Crippen LogP contribution in [0.2, 0.25) is 0 Å². The third-order valence-electron chi connectivity index (χ3n) is 2.31. The number of aromatic nitrogens is 1. The van der Waals surface area contributed by atoms with Crippen LogP contribution in [0.3, 0.4) is 0 Å². The molecule has 0 saturated heterocycles. The van der Waals surface area contributed by atoms with Crippen molar-refractivity contribution in [1.82, 2.24) is 4.98 Å². The van der Waals surface area contributed by atoms with Gasteiger partial charge in [-0.15, -0.1) is 0 Å². The van der Waals surface area contributed by atoms with Gasteiger partial charge in [-0.2, -0.15) is 11.8 Å². The first-order valence-electron chi connectivity index (χ1n) is 4.82. The monoisotopic (exact) mass is 209 g/mol. The minimum absolute atomic E-state index is 0.287. The Kier molecular flexibility index (Phi) is 2.93. The number of hydrogen-bond donors (Lipinski definition) is 2. The number of thioether (sulfide) groups is 1. The molecule has 1 aromatic heterocycles. The van der Waals surface area contributed by atoms with Crippen LogP contribution >= 0.6 is 11.8 Å². The van der Waals surface area contributed by atoms with Crippen molar-refractivity contribution < 1.29 is 0 Å². The van der Waals surface area contributed by atoms with Crippen molar-refractivity contribution in [2.45, 2.75) is 24.5 Å². The van der Waals surface area contributed by atoms with Crippen LogP contribution in [-0.4, -0.2) is 17.6 Å². The molecule has 14 heavy (non-hydrogen) atoms. The molecular weight excluding hydrogens is 194 g/mol. The van der Waals surface area contributed by atoms with Gasteiger partial charge < -0.3 is 11.1 Å². The summed E-state index contributed by atoms with van der Waals surface area (Å²) in [6.07, 6.45) is 0. The van der Waals surface area contributed by atoms with Gasteiger partial charge in [-0.05, 0) is 18.6 Å². The summed E-state index contributed by atoms with van der Waals surface area (Å²) in [5.74, 6) is 3.10. The Morgan fingerprint density at radius 2 is 2.43 bits per heavy atom. The predicted molar refractivity (Wildman–Crippen MR) is 61.4 cm³/mol. The quantitative estimate of drug-likeness (QED) is 0.793. The number of nitrogens with zero attached hydrogens (tertiary/aromatic N) is 1. The second-order valence-electron chi connectivity index (χ2n) is 3.58. The van der Waals surface area contributed by atoms with Crippen molar-refractivity contribution in [3.05, 3.63) is 23.4 Å². The zero-order valence-electron chi connectivity index (χ0n) is 8.29. The van der Waals surface area contributed by atoms with Crippen LogP contribution < -0.4 is 11.1 Å². The average molecular weight is 209 g/mol. The van der Waals surface area contributed by atoms with Crippen LogP contribution in [-0.2, 0) is 11.5 Å². The van der Waals surface area contributed by atoms with E-state index in [0.717, 1.165) is 17.3 Å². The minimum atomic E-state index is 0.287. The molecule has 0 aliphatic carbocycles. The van der Waals surface area contributed by atoms with E-state index in [1.807, 2.05) is 17.8 Å². The Bertz CT molecular complexity index is 327. The molecule has 1 aliphatic rings. The fraction of sp³-hybridized carbons (Fsp3) is 0.500. The van der Waals surface area contributed by atoms with E-state index in [2.05, 4.69) is 23.3 Å². The Hall–Kier alpha value is -0.740. The van der Waals surface area contributed by atoms with E-state index in [9.17, 15) is 0 Å². The number of nitrogens with two attached hydrogens (primary N) is 1. The van der Waals surface area contributed by atoms with E-state index in [1.165, 1.54) is 11.3 Å². The molecule has 0 saturated carbocycles. The maximum atomic E-state index is 5.54. The third kappa shape index (κ3) is 2.01. The summed E-state index contributed by atoms with van der Waals surface area (Å²) in [5, 5.41) is 3.28. The van der Waals surface area contributed by atoms with E-state index in [-0.39, 0.29) is 6.04 Å². The van der Waals surface area contributed by atoms with E-state index < -0.39 is 0 Å². The highest BCUT2D eigenvalue weighted by Crippen LogP contribution is 2.29. The first kappa shape index (κ1) is 9.80. The normalized spacial score (nSPS) is 16.4. The van der Waals surface area contributed by atoms with Crippen LogP contribution in [0, 0.1) is 0 Å². The van der Waals surface area contributed by atoms with Crippen molar-refractivity contribution >= 4 is 17.6 Å². The van der Waals surface area contributed by atoms with Crippen LogP contribution in [0.1, 0.15) is 18.2 Å². The second-order valence-corrected chi connectivity index (χ2v) is 4.56. The Morgan fingerprint density at radius 3 is 3.21 bits per heavy atom. The number of pyridine rings is 1. The smallest absolute Gasteiger partial charge is 0.126 e. The van der Waals surface area contributed by atoms with Gasteiger partial charge in [0.2, 0.25) is 0 Å². The molecule has 1 unspecified atom stereocenters. The SMILES string of the molecule is CC(CN)Nc1ccc2c(n1)CSC2. The third-order valence-corrected chi connectivity index (χ3v) is 3.31. The first-order chi connectivity index (χ1) is 6.79. The zero-order chi connectivity index (χ0) is 9.97. The number of rotatable bonds is 3. The molecule has 2 rings (SSSR count). The summed E-state index contributed by atoms with van der Waals surface area (Å²) in [6, 6.07) is 4.49. The largest absolute Gasteiger partial charge is 0.366 e. The summed E-state index contributed by atoms with van der Waals surface area (Å²) in [5.41, 5.74) is 8.14. The lowest BCUT2D eigenvalue weighted by molar-refractivity contribution is 0.797. The highest BCUT2D eigenvalue weighted by molar-refractivity contribution is 7.98. The van der Waals surface area contributed by atoms with E-state index >= 15 is 0 Å². The summed E-state index contributed by atoms with van der Waals surface area (Å²) < 4.78 is 0. The van der Waals surface area contributed by atoms with Crippen molar-refractivity contribution in [2.75, 3.05) is 11.9 Å². The highest BCUT2D eigenvalue weighted by atomic mass is 32.2. The van der Waals surface area contributed by atoms with Crippen molar-refractivity contribution in [2.24, 2.45) is 5.73 Å². The van der Waals surface area contributed by atoms with Gasteiger partial charge in [0, 0.05) is 24.1 Å². The zero-order valence-corrected chi connectivity index (χ0v) is 9.10. The molecule has 1 aromatic rings. The topological polar surface area (TPSA) is 50.9 Å². The van der Waals surface area contributed by atoms with Gasteiger partial charge in [0.1, 0.15) is 5.82 Å². The summed E-state index contributed by atoms with van der Waals surface area (Å²) in [6.45, 7) is 2.69. The Morgan fingerprint density at radius 1 is 1.57 bits per heavy atom. The van der Waals surface area contributed by atoms with Gasteiger partial charge in [-0.1, -0.05) is 6.07 Å². The van der Waals surface area contributed by atoms with Crippen LogP contribution in [0.15, 0.2) is 12.1 Å². The molecule has 1 atom stereocenters. The van der Waals surface area contributed by atoms with Crippen molar-refractivity contribution in [1.29, 1.82) is 0 Å². The summed E-state index contributed by atoms with van der Waals surface area (Å²) in [7, 11) is 0. The molecule has 0 bridgehead atoms. The first-order valence-corrected chi connectivity index (χ1v) is 5.98. The van der Waals surface area contributed by atoms with Gasteiger partial charge >= 0.3 is 0 Å². The Labute approximate surface area is 88.5 Å². The number of fused-ring (bicyclic) bond motifs is 1. The molecule has 3 nitrogen and oxygen atoms in total. The molecular formula is C10H15N3S. The lowest BCUT2D eigenvalue weighted by Gasteiger charge is -2.12. The van der Waals surface area contributed by atoms with Gasteiger partial charge in [-0.3, -0.25) is 0 Å². The van der Waals surface area contributed by atoms with E-state index in [1.54, 1.807) is 0 Å². The molecule has 0 amide bonds. The van der Waals surface area contributed by atoms with Gasteiger partial charge in [0.15, 0.2) is 0 Å². The standard InChI is InChI=1S/C10H15N3S/c1-7(4-11)12-10-3-2-8-5-14-6-9(8)13-10/h2-3,7H,4-6,11H2,1H3,(H,12,13). The van der Waals surface area contributed by atoms with Crippen molar-refractivity contribution in [3.63, 3.8) is 0 Å². The number of nitrogens with one attached hydrogen (secondary N) is 1. The minimum Gasteiger partial charge on any atom is -0.366 e. The van der Waals surface area contributed by atoms with E-state index in [4.69, 9.17) is 5.73 Å². The molecule has 0 fully saturated rings. The van der Waals surface area contributed by atoms with Crippen LogP contribution in [0.5, 0.6) is 0 Å². The summed E-state index contributed by atoms with van der Waals surface area (Å²) >= 11 is 1.92. The lowest BCUT2D eigenvalue weighted by atomic mass is 10.2. The molecule has 0 radical (unpaired) electrons. The van der Waals surface area contributed by atoms with Gasteiger partial charge in [-0.25, -0.2) is 4.98 Å². The maximum Gasteiger partial charge on any atom is 0.126 e. The molecule has 3 N–H and O–H groups in total.